The third-order valence-corrected chi connectivity index (χ3v) is 7.96. The van der Waals surface area contributed by atoms with Crippen molar-refractivity contribution in [2.75, 3.05) is 13.2 Å². The molecule has 3 aromatic rings. The van der Waals surface area contributed by atoms with Crippen molar-refractivity contribution < 1.29 is 23.2 Å². The molecule has 3 rings (SSSR count). The first kappa shape index (κ1) is 25.7. The number of amides is 1. The van der Waals surface area contributed by atoms with Crippen LogP contribution in [0.1, 0.15) is 30.5 Å². The van der Waals surface area contributed by atoms with Crippen LogP contribution in [-0.2, 0) is 14.8 Å². The van der Waals surface area contributed by atoms with Crippen molar-refractivity contribution in [2.24, 2.45) is 5.92 Å². The summed E-state index contributed by atoms with van der Waals surface area (Å²) in [6.45, 7) is 9.31. The number of benzene rings is 3. The molecule has 0 saturated heterocycles. The van der Waals surface area contributed by atoms with Crippen molar-refractivity contribution in [3.63, 3.8) is 0 Å². The van der Waals surface area contributed by atoms with Gasteiger partial charge in [-0.15, -0.1) is 0 Å². The van der Waals surface area contributed by atoms with Crippen molar-refractivity contribution in [3.05, 3.63) is 71.3 Å². The average Bonchev–Trinajstić information content (AvgIpc) is 2.81. The zero-order chi connectivity index (χ0) is 25.0. The van der Waals surface area contributed by atoms with Crippen molar-refractivity contribution in [1.29, 1.82) is 0 Å². The number of nitrogens with zero attached hydrogens (tertiary/aromatic N) is 1. The van der Waals surface area contributed by atoms with Gasteiger partial charge in [-0.05, 0) is 66.3 Å². The van der Waals surface area contributed by atoms with Crippen molar-refractivity contribution in [2.45, 2.75) is 45.6 Å². The van der Waals surface area contributed by atoms with Crippen LogP contribution in [0.25, 0.3) is 10.8 Å². The van der Waals surface area contributed by atoms with E-state index in [0.29, 0.717) is 5.75 Å². The van der Waals surface area contributed by atoms with Gasteiger partial charge in [0.05, 0.1) is 4.90 Å². The molecule has 0 bridgehead atoms. The van der Waals surface area contributed by atoms with Crippen LogP contribution in [0.3, 0.4) is 0 Å². The first-order chi connectivity index (χ1) is 16.1. The Kier molecular flexibility index (Phi) is 7.97. The highest BCUT2D eigenvalue weighted by Crippen LogP contribution is 2.28. The summed E-state index contributed by atoms with van der Waals surface area (Å²) < 4.78 is 34.7. The maximum Gasteiger partial charge on any atom is 0.262 e. The van der Waals surface area contributed by atoms with Crippen LogP contribution in [0.4, 0.5) is 0 Å². The zero-order valence-electron chi connectivity index (χ0n) is 20.2. The Balaban J connectivity index is 1.99. The monoisotopic (exact) mass is 484 g/mol. The number of aryl methyl sites for hydroxylation is 2. The molecule has 0 aromatic heterocycles. The second-order valence-corrected chi connectivity index (χ2v) is 10.7. The van der Waals surface area contributed by atoms with Crippen LogP contribution >= 0.6 is 0 Å². The molecule has 0 radical (unpaired) electrons. The molecule has 8 heteroatoms. The molecule has 0 aliphatic rings. The van der Waals surface area contributed by atoms with Crippen LogP contribution in [0.2, 0.25) is 0 Å². The van der Waals surface area contributed by atoms with E-state index in [-0.39, 0.29) is 18.0 Å². The van der Waals surface area contributed by atoms with Crippen molar-refractivity contribution >= 4 is 26.7 Å². The number of hydroxylamine groups is 1. The maximum absolute atomic E-state index is 13.8. The number of sulfonamides is 1. The van der Waals surface area contributed by atoms with Gasteiger partial charge >= 0.3 is 0 Å². The normalized spacial score (nSPS) is 12.8. The Labute approximate surface area is 201 Å². The molecule has 0 unspecified atom stereocenters. The summed E-state index contributed by atoms with van der Waals surface area (Å²) >= 11 is 0. The Morgan fingerprint density at radius 3 is 2.29 bits per heavy atom. The summed E-state index contributed by atoms with van der Waals surface area (Å²) in [6.07, 6.45) is 0. The van der Waals surface area contributed by atoms with Gasteiger partial charge in [-0.1, -0.05) is 56.3 Å². The summed E-state index contributed by atoms with van der Waals surface area (Å²) in [5.74, 6) is -0.483. The minimum absolute atomic E-state index is 0.0415. The lowest BCUT2D eigenvalue weighted by Gasteiger charge is -2.32. The molecule has 3 aromatic carbocycles. The maximum atomic E-state index is 13.8. The van der Waals surface area contributed by atoms with Gasteiger partial charge in [0, 0.05) is 6.54 Å². The van der Waals surface area contributed by atoms with Gasteiger partial charge in [0.1, 0.15) is 18.4 Å². The lowest BCUT2D eigenvalue weighted by molar-refractivity contribution is -0.134. The molecule has 7 nitrogen and oxygen atoms in total. The number of rotatable bonds is 9. The molecule has 0 spiro atoms. The third-order valence-electron chi connectivity index (χ3n) is 6.08. The fourth-order valence-electron chi connectivity index (χ4n) is 4.09. The summed E-state index contributed by atoms with van der Waals surface area (Å²) in [4.78, 5) is 12.6. The molecule has 0 saturated carbocycles. The van der Waals surface area contributed by atoms with Crippen LogP contribution in [0.15, 0.2) is 59.5 Å². The van der Waals surface area contributed by atoms with E-state index in [4.69, 9.17) is 4.74 Å². The lowest BCUT2D eigenvalue weighted by atomic mass is 10.0. The van der Waals surface area contributed by atoms with E-state index in [1.807, 2.05) is 57.2 Å². The molecule has 1 amide bonds. The molecule has 182 valence electrons. The minimum Gasteiger partial charge on any atom is -0.492 e. The Morgan fingerprint density at radius 1 is 1.00 bits per heavy atom. The summed E-state index contributed by atoms with van der Waals surface area (Å²) in [7, 11) is -4.09. The fraction of sp³-hybridized carbons (Fsp3) is 0.346. The van der Waals surface area contributed by atoms with Crippen LogP contribution < -0.4 is 10.2 Å². The van der Waals surface area contributed by atoms with E-state index >= 15 is 0 Å². The Morgan fingerprint density at radius 2 is 1.65 bits per heavy atom. The third kappa shape index (κ3) is 5.24. The standard InChI is InChI=1S/C26H32N2O5S/c1-17(2)24(26(29)27-30)28(14-15-33-25-19(4)11-10-18(3)20(25)5)34(31,32)23-13-12-21-8-6-7-9-22(21)16-23/h6-13,16-17,24,30H,14-15H2,1-5H3,(H,27,29)/t24-/m1/s1. The van der Waals surface area contributed by atoms with Crippen LogP contribution in [0, 0.1) is 26.7 Å². The highest BCUT2D eigenvalue weighted by atomic mass is 32.2. The molecule has 0 aliphatic heterocycles. The van der Waals surface area contributed by atoms with Gasteiger partial charge in [-0.2, -0.15) is 4.31 Å². The number of nitrogens with one attached hydrogen (secondary N) is 1. The van der Waals surface area contributed by atoms with Crippen molar-refractivity contribution in [1.82, 2.24) is 9.79 Å². The molecular formula is C26H32N2O5S. The van der Waals surface area contributed by atoms with Gasteiger partial charge < -0.3 is 4.74 Å². The van der Waals surface area contributed by atoms with E-state index in [9.17, 15) is 18.4 Å². The molecule has 34 heavy (non-hydrogen) atoms. The summed E-state index contributed by atoms with van der Waals surface area (Å²) in [6, 6.07) is 15.2. The molecule has 2 N–H and O–H groups in total. The van der Waals surface area contributed by atoms with Crippen LogP contribution in [0.5, 0.6) is 5.75 Å². The van der Waals surface area contributed by atoms with Gasteiger partial charge in [0.25, 0.3) is 5.91 Å². The number of hydrogen-bond donors (Lipinski definition) is 2. The highest BCUT2D eigenvalue weighted by molar-refractivity contribution is 7.89. The van der Waals surface area contributed by atoms with Crippen molar-refractivity contribution in [3.8, 4) is 5.75 Å². The fourth-order valence-corrected chi connectivity index (χ4v) is 5.83. The van der Waals surface area contributed by atoms with E-state index in [0.717, 1.165) is 31.8 Å². The molecule has 0 heterocycles. The molecular weight excluding hydrogens is 452 g/mol. The van der Waals surface area contributed by atoms with E-state index in [2.05, 4.69) is 0 Å². The quantitative estimate of drug-likeness (QED) is 0.347. The second kappa shape index (κ2) is 10.5. The number of fused-ring (bicyclic) bond motifs is 1. The second-order valence-electron chi connectivity index (χ2n) is 8.79. The first-order valence-electron chi connectivity index (χ1n) is 11.2. The van der Waals surface area contributed by atoms with E-state index in [1.54, 1.807) is 31.5 Å². The van der Waals surface area contributed by atoms with Gasteiger partial charge in [-0.3, -0.25) is 10.0 Å². The topological polar surface area (TPSA) is 95.9 Å². The predicted molar refractivity (Wildman–Crippen MR) is 133 cm³/mol. The predicted octanol–water partition coefficient (Wildman–Crippen LogP) is 4.36. The number of carbonyl (C=O) groups is 1. The first-order valence-corrected chi connectivity index (χ1v) is 12.7. The number of ether oxygens (including phenoxy) is 1. The van der Waals surface area contributed by atoms with E-state index in [1.165, 1.54) is 6.07 Å². The zero-order valence-corrected chi connectivity index (χ0v) is 21.0. The summed E-state index contributed by atoms with van der Waals surface area (Å²) in [5.41, 5.74) is 4.63. The largest absolute Gasteiger partial charge is 0.492 e. The molecule has 1 atom stereocenters. The number of carbonyl (C=O) groups excluding carboxylic acids is 1. The molecule has 0 fully saturated rings. The Bertz CT molecular complexity index is 1290. The minimum atomic E-state index is -4.09. The smallest absolute Gasteiger partial charge is 0.262 e. The molecule has 0 aliphatic carbocycles. The number of hydrogen-bond acceptors (Lipinski definition) is 5. The van der Waals surface area contributed by atoms with E-state index < -0.39 is 27.9 Å². The van der Waals surface area contributed by atoms with Gasteiger partial charge in [-0.25, -0.2) is 13.9 Å². The SMILES string of the molecule is Cc1ccc(C)c(OCCN([C@@H](C(=O)NO)C(C)C)S(=O)(=O)c2ccc3ccccc3c2)c1C. The van der Waals surface area contributed by atoms with Gasteiger partial charge in [0.2, 0.25) is 10.0 Å². The highest BCUT2D eigenvalue weighted by Gasteiger charge is 2.38. The Hall–Kier alpha value is -2.94. The summed E-state index contributed by atoms with van der Waals surface area (Å²) in [5, 5.41) is 11.0. The lowest BCUT2D eigenvalue weighted by Crippen LogP contribution is -2.52. The van der Waals surface area contributed by atoms with Crippen LogP contribution in [-0.4, -0.2) is 43.0 Å². The van der Waals surface area contributed by atoms with Gasteiger partial charge in [0.15, 0.2) is 0 Å². The average molecular weight is 485 g/mol.